The number of carbonyl (C=O) groups is 1. The molecule has 0 bridgehead atoms. The van der Waals surface area contributed by atoms with Gasteiger partial charge in [0.1, 0.15) is 0 Å². The van der Waals surface area contributed by atoms with Crippen LogP contribution in [-0.2, 0) is 17.8 Å². The van der Waals surface area contributed by atoms with Gasteiger partial charge in [-0.3, -0.25) is 4.79 Å². The Bertz CT molecular complexity index is 844. The van der Waals surface area contributed by atoms with Gasteiger partial charge in [0, 0.05) is 43.5 Å². The van der Waals surface area contributed by atoms with E-state index in [-0.39, 0.29) is 24.3 Å². The average molecular weight is 370 g/mol. The van der Waals surface area contributed by atoms with Gasteiger partial charge in [-0.25, -0.2) is 14.4 Å². The van der Waals surface area contributed by atoms with Gasteiger partial charge in [0.05, 0.1) is 6.04 Å². The van der Waals surface area contributed by atoms with Gasteiger partial charge in [0.15, 0.2) is 24.0 Å². The Morgan fingerprint density at radius 2 is 2.19 bits per heavy atom. The molecule has 6 nitrogen and oxygen atoms in total. The predicted octanol–water partition coefficient (Wildman–Crippen LogP) is 2.35. The second-order valence-electron chi connectivity index (χ2n) is 7.15. The fraction of sp³-hybridized carbons (Fsp3) is 0.450. The Balaban J connectivity index is 1.46. The zero-order valence-corrected chi connectivity index (χ0v) is 15.4. The molecule has 0 radical (unpaired) electrons. The van der Waals surface area contributed by atoms with E-state index >= 15 is 0 Å². The van der Waals surface area contributed by atoms with Gasteiger partial charge >= 0.3 is 0 Å². The number of aromatic nitrogens is 2. The van der Waals surface area contributed by atoms with Crippen LogP contribution in [0.1, 0.15) is 36.0 Å². The van der Waals surface area contributed by atoms with Gasteiger partial charge in [0.25, 0.3) is 5.91 Å². The summed E-state index contributed by atoms with van der Waals surface area (Å²) in [6, 6.07) is 5.97. The lowest BCUT2D eigenvalue weighted by Gasteiger charge is -2.27. The SMILES string of the molecule is CN1CCc2nc([C@@H]3CCCN3C(=O)COc3ccccc3F)ncc2C1. The minimum absolute atomic E-state index is 0.0933. The maximum Gasteiger partial charge on any atom is 0.261 e. The number of likely N-dealkylation sites (tertiary alicyclic amines) is 1. The van der Waals surface area contributed by atoms with Crippen LogP contribution in [0.25, 0.3) is 0 Å². The molecule has 142 valence electrons. The Morgan fingerprint density at radius 3 is 3.04 bits per heavy atom. The van der Waals surface area contributed by atoms with E-state index in [1.54, 1.807) is 17.0 Å². The van der Waals surface area contributed by atoms with Gasteiger partial charge < -0.3 is 14.5 Å². The number of hydrogen-bond acceptors (Lipinski definition) is 5. The van der Waals surface area contributed by atoms with Gasteiger partial charge in [0.2, 0.25) is 0 Å². The van der Waals surface area contributed by atoms with Gasteiger partial charge in [-0.1, -0.05) is 12.1 Å². The number of likely N-dealkylation sites (N-methyl/N-ethyl adjacent to an activating group) is 1. The van der Waals surface area contributed by atoms with E-state index in [9.17, 15) is 9.18 Å². The van der Waals surface area contributed by atoms with Crippen molar-refractivity contribution in [2.24, 2.45) is 0 Å². The van der Waals surface area contributed by atoms with Crippen molar-refractivity contribution in [1.82, 2.24) is 19.8 Å². The first-order valence-electron chi connectivity index (χ1n) is 9.32. The smallest absolute Gasteiger partial charge is 0.261 e. The molecule has 1 fully saturated rings. The monoisotopic (exact) mass is 370 g/mol. The number of rotatable bonds is 4. The molecule has 0 spiro atoms. The third kappa shape index (κ3) is 3.78. The van der Waals surface area contributed by atoms with Crippen LogP contribution in [0.3, 0.4) is 0 Å². The summed E-state index contributed by atoms with van der Waals surface area (Å²) >= 11 is 0. The molecule has 0 unspecified atom stereocenters. The van der Waals surface area contributed by atoms with Gasteiger partial charge in [-0.2, -0.15) is 0 Å². The summed E-state index contributed by atoms with van der Waals surface area (Å²) in [6.07, 6.45) is 4.53. The molecule has 7 heteroatoms. The summed E-state index contributed by atoms with van der Waals surface area (Å²) in [5.41, 5.74) is 2.24. The molecule has 27 heavy (non-hydrogen) atoms. The number of amides is 1. The van der Waals surface area contributed by atoms with Crippen molar-refractivity contribution in [3.8, 4) is 5.75 Å². The quantitative estimate of drug-likeness (QED) is 0.827. The topological polar surface area (TPSA) is 58.6 Å². The zero-order valence-electron chi connectivity index (χ0n) is 15.4. The Kier molecular flexibility index (Phi) is 5.03. The van der Waals surface area contributed by atoms with E-state index in [1.165, 1.54) is 12.1 Å². The predicted molar refractivity (Wildman–Crippen MR) is 97.7 cm³/mol. The van der Waals surface area contributed by atoms with Crippen LogP contribution in [0.4, 0.5) is 4.39 Å². The minimum Gasteiger partial charge on any atom is -0.481 e. The van der Waals surface area contributed by atoms with Crippen LogP contribution >= 0.6 is 0 Å². The number of hydrogen-bond donors (Lipinski definition) is 0. The van der Waals surface area contributed by atoms with Crippen LogP contribution in [0.15, 0.2) is 30.5 Å². The van der Waals surface area contributed by atoms with Crippen molar-refractivity contribution >= 4 is 5.91 Å². The van der Waals surface area contributed by atoms with Crippen molar-refractivity contribution < 1.29 is 13.9 Å². The standard InChI is InChI=1S/C20H23FN4O2/c1-24-10-8-16-14(12-24)11-22-20(23-16)17-6-4-9-25(17)19(26)13-27-18-7-3-2-5-15(18)21/h2-3,5,7,11,17H,4,6,8-10,12-13H2,1H3/t17-/m0/s1. The van der Waals surface area contributed by atoms with Crippen LogP contribution in [0.5, 0.6) is 5.75 Å². The highest BCUT2D eigenvalue weighted by Gasteiger charge is 2.33. The van der Waals surface area contributed by atoms with Gasteiger partial charge in [-0.05, 0) is 32.0 Å². The Morgan fingerprint density at radius 1 is 1.33 bits per heavy atom. The van der Waals surface area contributed by atoms with E-state index in [0.717, 1.165) is 43.6 Å². The van der Waals surface area contributed by atoms with E-state index in [2.05, 4.69) is 16.9 Å². The zero-order chi connectivity index (χ0) is 18.8. The highest BCUT2D eigenvalue weighted by molar-refractivity contribution is 5.78. The summed E-state index contributed by atoms with van der Waals surface area (Å²) in [5.74, 6) is 0.166. The first-order chi connectivity index (χ1) is 13.1. The van der Waals surface area contributed by atoms with E-state index in [0.29, 0.717) is 12.4 Å². The van der Waals surface area contributed by atoms with Gasteiger partial charge in [-0.15, -0.1) is 0 Å². The number of fused-ring (bicyclic) bond motifs is 1. The van der Waals surface area contributed by atoms with Crippen LogP contribution in [0, 0.1) is 5.82 Å². The van der Waals surface area contributed by atoms with Crippen molar-refractivity contribution in [3.05, 3.63) is 53.4 Å². The molecule has 0 saturated carbocycles. The maximum absolute atomic E-state index is 13.7. The molecule has 0 N–H and O–H groups in total. The summed E-state index contributed by atoms with van der Waals surface area (Å²) in [4.78, 5) is 26.0. The lowest BCUT2D eigenvalue weighted by molar-refractivity contribution is -0.134. The summed E-state index contributed by atoms with van der Waals surface area (Å²) in [5, 5.41) is 0. The molecular weight excluding hydrogens is 347 g/mol. The second-order valence-corrected chi connectivity index (χ2v) is 7.15. The highest BCUT2D eigenvalue weighted by Crippen LogP contribution is 2.31. The molecule has 0 aliphatic carbocycles. The molecule has 1 saturated heterocycles. The number of carbonyl (C=O) groups excluding carboxylic acids is 1. The average Bonchev–Trinajstić information content (AvgIpc) is 3.16. The lowest BCUT2D eigenvalue weighted by Crippen LogP contribution is -2.35. The molecule has 2 aromatic rings. The molecule has 2 aliphatic heterocycles. The summed E-state index contributed by atoms with van der Waals surface area (Å²) in [7, 11) is 2.09. The fourth-order valence-electron chi connectivity index (χ4n) is 3.75. The van der Waals surface area contributed by atoms with Crippen molar-refractivity contribution in [2.45, 2.75) is 31.8 Å². The Hall–Kier alpha value is -2.54. The third-order valence-corrected chi connectivity index (χ3v) is 5.20. The maximum atomic E-state index is 13.7. The van der Waals surface area contributed by atoms with Crippen LogP contribution < -0.4 is 4.74 Å². The summed E-state index contributed by atoms with van der Waals surface area (Å²) < 4.78 is 19.1. The van der Waals surface area contributed by atoms with Crippen LogP contribution in [-0.4, -0.2) is 52.4 Å². The molecule has 4 rings (SSSR count). The molecule has 1 aromatic heterocycles. The first kappa shape index (κ1) is 17.9. The van der Waals surface area contributed by atoms with E-state index in [4.69, 9.17) is 9.72 Å². The summed E-state index contributed by atoms with van der Waals surface area (Å²) in [6.45, 7) is 2.30. The van der Waals surface area contributed by atoms with Crippen molar-refractivity contribution in [1.29, 1.82) is 0 Å². The lowest BCUT2D eigenvalue weighted by atomic mass is 10.1. The fourth-order valence-corrected chi connectivity index (χ4v) is 3.75. The largest absolute Gasteiger partial charge is 0.481 e. The molecule has 3 heterocycles. The number of nitrogens with zero attached hydrogens (tertiary/aromatic N) is 4. The minimum atomic E-state index is -0.466. The van der Waals surface area contributed by atoms with Crippen molar-refractivity contribution in [3.63, 3.8) is 0 Å². The molecule has 1 amide bonds. The number of para-hydroxylation sites is 1. The molecular formula is C20H23FN4O2. The van der Waals surface area contributed by atoms with E-state index < -0.39 is 5.82 Å². The molecule has 1 aromatic carbocycles. The normalized spacial score (nSPS) is 19.8. The second kappa shape index (κ2) is 7.60. The number of halogens is 1. The highest BCUT2D eigenvalue weighted by atomic mass is 19.1. The molecule has 1 atom stereocenters. The van der Waals surface area contributed by atoms with Crippen LogP contribution in [0.2, 0.25) is 0 Å². The van der Waals surface area contributed by atoms with E-state index in [1.807, 2.05) is 6.20 Å². The Labute approximate surface area is 158 Å². The molecule has 2 aliphatic rings. The first-order valence-corrected chi connectivity index (χ1v) is 9.32. The van der Waals surface area contributed by atoms with Crippen molar-refractivity contribution in [2.75, 3.05) is 26.7 Å². The third-order valence-electron chi connectivity index (χ3n) is 5.20. The number of ether oxygens (including phenoxy) is 1. The number of benzene rings is 1.